The van der Waals surface area contributed by atoms with E-state index in [0.717, 1.165) is 16.5 Å². The zero-order valence-electron chi connectivity index (χ0n) is 13.1. The smallest absolute Gasteiger partial charge is 0.354 e. The number of allylic oxidation sites excluding steroid dienone is 1. The molecule has 23 heavy (non-hydrogen) atoms. The first-order chi connectivity index (χ1) is 11.0. The van der Waals surface area contributed by atoms with Crippen LogP contribution in [0.4, 0.5) is 0 Å². The number of aromatic amines is 1. The molecule has 0 amide bonds. The van der Waals surface area contributed by atoms with Gasteiger partial charge in [-0.05, 0) is 30.5 Å². The largest absolute Gasteiger partial charge is 0.477 e. The highest BCUT2D eigenvalue weighted by Gasteiger charge is 2.09. The van der Waals surface area contributed by atoms with Gasteiger partial charge in [-0.25, -0.2) is 9.79 Å². The quantitative estimate of drug-likeness (QED) is 0.487. The fourth-order valence-corrected chi connectivity index (χ4v) is 2.28. The molecule has 0 aliphatic heterocycles. The molecule has 1 heterocycles. The highest BCUT2D eigenvalue weighted by atomic mass is 16.4. The fraction of sp³-hybridized carbons (Fsp3) is 0.235. The molecular weight excluding hydrogens is 292 g/mol. The lowest BCUT2D eigenvalue weighted by molar-refractivity contribution is -0.132. The standard InChI is InChI=1S/C17H18N4O2/c1-21(2)11-20-15(17(22)23)8-4-6-13-10-19-14-7-3-5-12(9-18)16(13)14/h3,5,7-8,10-11,19H,4,6H2,1-2H3,(H,22,23). The topological polar surface area (TPSA) is 92.5 Å². The van der Waals surface area contributed by atoms with Crippen molar-refractivity contribution in [3.63, 3.8) is 0 Å². The Morgan fingerprint density at radius 1 is 1.48 bits per heavy atom. The zero-order chi connectivity index (χ0) is 16.8. The third kappa shape index (κ3) is 3.98. The monoisotopic (exact) mass is 310 g/mol. The summed E-state index contributed by atoms with van der Waals surface area (Å²) in [7, 11) is 3.55. The van der Waals surface area contributed by atoms with Gasteiger partial charge in [0.1, 0.15) is 5.70 Å². The van der Waals surface area contributed by atoms with E-state index in [1.54, 1.807) is 31.1 Å². The SMILES string of the molecule is CN(C)C=NC(=CCCc1c[nH]c2cccc(C#N)c12)C(=O)O. The maximum absolute atomic E-state index is 11.2. The first-order valence-corrected chi connectivity index (χ1v) is 7.16. The van der Waals surface area contributed by atoms with Gasteiger partial charge in [0.05, 0.1) is 18.0 Å². The summed E-state index contributed by atoms with van der Waals surface area (Å²) in [6, 6.07) is 7.71. The van der Waals surface area contributed by atoms with Crippen LogP contribution in [0.5, 0.6) is 0 Å². The molecule has 0 atom stereocenters. The number of carboxylic acid groups (broad SMARTS) is 1. The summed E-state index contributed by atoms with van der Waals surface area (Å²) in [6.45, 7) is 0. The Hall–Kier alpha value is -3.07. The van der Waals surface area contributed by atoms with Gasteiger partial charge in [-0.2, -0.15) is 5.26 Å². The van der Waals surface area contributed by atoms with Gasteiger partial charge in [0.15, 0.2) is 0 Å². The molecule has 2 aromatic rings. The summed E-state index contributed by atoms with van der Waals surface area (Å²) in [4.78, 5) is 19.9. The highest BCUT2D eigenvalue weighted by Crippen LogP contribution is 2.23. The molecule has 0 radical (unpaired) electrons. The van der Waals surface area contributed by atoms with E-state index in [2.05, 4.69) is 16.0 Å². The number of nitrogens with one attached hydrogen (secondary N) is 1. The second kappa shape index (κ2) is 7.27. The lowest BCUT2D eigenvalue weighted by atomic mass is 10.0. The molecule has 1 aromatic carbocycles. The third-order valence-corrected chi connectivity index (χ3v) is 3.31. The minimum Gasteiger partial charge on any atom is -0.477 e. The van der Waals surface area contributed by atoms with Crippen LogP contribution in [0.15, 0.2) is 41.2 Å². The number of rotatable bonds is 6. The van der Waals surface area contributed by atoms with E-state index in [-0.39, 0.29) is 5.70 Å². The van der Waals surface area contributed by atoms with Crippen molar-refractivity contribution < 1.29 is 9.90 Å². The molecule has 0 aliphatic carbocycles. The van der Waals surface area contributed by atoms with Gasteiger partial charge in [0.25, 0.3) is 0 Å². The van der Waals surface area contributed by atoms with Crippen molar-refractivity contribution in [1.29, 1.82) is 5.26 Å². The summed E-state index contributed by atoms with van der Waals surface area (Å²) in [5.41, 5.74) is 2.53. The van der Waals surface area contributed by atoms with Gasteiger partial charge in [-0.1, -0.05) is 12.1 Å². The molecule has 118 valence electrons. The minimum atomic E-state index is -1.06. The van der Waals surface area contributed by atoms with Gasteiger partial charge in [0, 0.05) is 31.2 Å². The van der Waals surface area contributed by atoms with Gasteiger partial charge >= 0.3 is 5.97 Å². The summed E-state index contributed by atoms with van der Waals surface area (Å²) in [5.74, 6) is -1.06. The molecule has 0 saturated carbocycles. The first-order valence-electron chi connectivity index (χ1n) is 7.16. The fourth-order valence-electron chi connectivity index (χ4n) is 2.28. The second-order valence-electron chi connectivity index (χ2n) is 5.30. The van der Waals surface area contributed by atoms with Crippen LogP contribution in [-0.4, -0.2) is 41.4 Å². The normalized spacial score (nSPS) is 11.8. The Bertz CT molecular complexity index is 810. The number of aryl methyl sites for hydroxylation is 1. The second-order valence-corrected chi connectivity index (χ2v) is 5.30. The van der Waals surface area contributed by atoms with Crippen LogP contribution in [-0.2, 0) is 11.2 Å². The van der Waals surface area contributed by atoms with Crippen molar-refractivity contribution in [1.82, 2.24) is 9.88 Å². The zero-order valence-corrected chi connectivity index (χ0v) is 13.1. The van der Waals surface area contributed by atoms with E-state index in [9.17, 15) is 10.1 Å². The lowest BCUT2D eigenvalue weighted by Crippen LogP contribution is -2.09. The van der Waals surface area contributed by atoms with Crippen molar-refractivity contribution in [2.45, 2.75) is 12.8 Å². The highest BCUT2D eigenvalue weighted by molar-refractivity contribution is 5.89. The first kappa shape index (κ1) is 16.3. The number of hydrogen-bond donors (Lipinski definition) is 2. The molecule has 6 heteroatoms. The Morgan fingerprint density at radius 2 is 2.26 bits per heavy atom. The third-order valence-electron chi connectivity index (χ3n) is 3.31. The molecule has 2 rings (SSSR count). The van der Waals surface area contributed by atoms with Crippen molar-refractivity contribution in [2.75, 3.05) is 14.1 Å². The molecule has 0 saturated heterocycles. The number of carbonyl (C=O) groups is 1. The van der Waals surface area contributed by atoms with Crippen molar-refractivity contribution in [3.05, 3.63) is 47.3 Å². The van der Waals surface area contributed by atoms with Crippen molar-refractivity contribution >= 4 is 23.2 Å². The number of hydrogen-bond acceptors (Lipinski definition) is 3. The lowest BCUT2D eigenvalue weighted by Gasteiger charge is -2.03. The molecule has 0 spiro atoms. The van der Waals surface area contributed by atoms with Gasteiger partial charge in [-0.3, -0.25) is 0 Å². The number of carboxylic acids is 1. The maximum Gasteiger partial charge on any atom is 0.354 e. The van der Waals surface area contributed by atoms with Crippen LogP contribution in [0, 0.1) is 11.3 Å². The van der Waals surface area contributed by atoms with Crippen molar-refractivity contribution in [2.24, 2.45) is 4.99 Å². The van der Waals surface area contributed by atoms with Crippen LogP contribution in [0.25, 0.3) is 10.9 Å². The predicted molar refractivity (Wildman–Crippen MR) is 89.2 cm³/mol. The van der Waals surface area contributed by atoms with E-state index in [4.69, 9.17) is 5.11 Å². The number of aromatic nitrogens is 1. The molecule has 0 bridgehead atoms. The van der Waals surface area contributed by atoms with Crippen LogP contribution in [0.2, 0.25) is 0 Å². The average molecular weight is 310 g/mol. The summed E-state index contributed by atoms with van der Waals surface area (Å²) < 4.78 is 0. The molecule has 2 N–H and O–H groups in total. The number of aliphatic carboxylic acids is 1. The molecule has 1 aromatic heterocycles. The van der Waals surface area contributed by atoms with Crippen LogP contribution in [0.3, 0.4) is 0 Å². The summed E-state index contributed by atoms with van der Waals surface area (Å²) >= 11 is 0. The van der Waals surface area contributed by atoms with E-state index < -0.39 is 5.97 Å². The van der Waals surface area contributed by atoms with E-state index in [1.165, 1.54) is 6.34 Å². The minimum absolute atomic E-state index is 0.0130. The van der Waals surface area contributed by atoms with Gasteiger partial charge in [0.2, 0.25) is 0 Å². The van der Waals surface area contributed by atoms with Crippen molar-refractivity contribution in [3.8, 4) is 6.07 Å². The van der Waals surface area contributed by atoms with E-state index in [1.807, 2.05) is 18.3 Å². The van der Waals surface area contributed by atoms with Crippen LogP contribution in [0.1, 0.15) is 17.5 Å². The number of fused-ring (bicyclic) bond motifs is 1. The molecule has 0 unspecified atom stereocenters. The average Bonchev–Trinajstić information content (AvgIpc) is 2.93. The molecule has 0 fully saturated rings. The number of nitrogens with zero attached hydrogens (tertiary/aromatic N) is 3. The Kier molecular flexibility index (Phi) is 5.15. The Balaban J connectivity index is 2.19. The van der Waals surface area contributed by atoms with Gasteiger partial charge in [-0.15, -0.1) is 0 Å². The molecule has 0 aliphatic rings. The number of H-pyrrole nitrogens is 1. The van der Waals surface area contributed by atoms with E-state index in [0.29, 0.717) is 18.4 Å². The summed E-state index contributed by atoms with van der Waals surface area (Å²) in [5, 5.41) is 19.3. The Labute approximate surface area is 134 Å². The van der Waals surface area contributed by atoms with E-state index >= 15 is 0 Å². The maximum atomic E-state index is 11.2. The predicted octanol–water partition coefficient (Wildman–Crippen LogP) is 2.53. The number of aliphatic imine (C=N–C) groups is 1. The Morgan fingerprint density at radius 3 is 2.91 bits per heavy atom. The van der Waals surface area contributed by atoms with Crippen LogP contribution < -0.4 is 0 Å². The number of nitriles is 1. The molecular formula is C17H18N4O2. The molecule has 6 nitrogen and oxygen atoms in total. The van der Waals surface area contributed by atoms with Gasteiger partial charge < -0.3 is 15.0 Å². The number of benzene rings is 1. The van der Waals surface area contributed by atoms with Crippen LogP contribution >= 0.6 is 0 Å². The summed E-state index contributed by atoms with van der Waals surface area (Å²) in [6.07, 6.45) is 6.07.